The molecule has 0 aliphatic heterocycles. The number of aromatic nitrogens is 1. The predicted octanol–water partition coefficient (Wildman–Crippen LogP) is 2.56. The van der Waals surface area contributed by atoms with Crippen LogP contribution in [-0.4, -0.2) is 40.0 Å². The summed E-state index contributed by atoms with van der Waals surface area (Å²) in [6.45, 7) is 5.35. The summed E-state index contributed by atoms with van der Waals surface area (Å²) >= 11 is 0. The van der Waals surface area contributed by atoms with Crippen LogP contribution in [0.1, 0.15) is 32.9 Å². The Kier molecular flexibility index (Phi) is 7.04. The van der Waals surface area contributed by atoms with Gasteiger partial charge in [-0.05, 0) is 32.8 Å². The summed E-state index contributed by atoms with van der Waals surface area (Å²) in [4.78, 5) is 16.0. The minimum absolute atomic E-state index is 0.413. The normalized spacial score (nSPS) is 11.9. The lowest BCUT2D eigenvalue weighted by Gasteiger charge is -2.20. The fourth-order valence-electron chi connectivity index (χ4n) is 1.53. The number of amides is 1. The van der Waals surface area contributed by atoms with Crippen LogP contribution < -0.4 is 10.1 Å². The average Bonchev–Trinajstić information content (AvgIpc) is 2.41. The molecule has 1 N–H and O–H groups in total. The standard InChI is InChI=1S/C16H22N2O4S/c1-16(2,3)22-15(19)18-13-10-12(17-11-14(13)21-4)8-6-7-9-23(5)20/h10-11H,7,9H2,1-5H3,(H,17,18,19). The Balaban J connectivity index is 2.86. The van der Waals surface area contributed by atoms with E-state index >= 15 is 0 Å². The van der Waals surface area contributed by atoms with Gasteiger partial charge in [0.25, 0.3) is 0 Å². The molecule has 0 aliphatic carbocycles. The van der Waals surface area contributed by atoms with Gasteiger partial charge in [0.2, 0.25) is 0 Å². The average molecular weight is 338 g/mol. The van der Waals surface area contributed by atoms with E-state index in [9.17, 15) is 9.00 Å². The molecule has 0 fully saturated rings. The first kappa shape index (κ1) is 19.0. The zero-order chi connectivity index (χ0) is 17.5. The number of anilines is 1. The number of carbonyl (C=O) groups excluding carboxylic acids is 1. The van der Waals surface area contributed by atoms with Crippen LogP contribution in [0.4, 0.5) is 10.5 Å². The largest absolute Gasteiger partial charge is 0.493 e. The maximum absolute atomic E-state index is 11.9. The molecular formula is C16H22N2O4S. The number of nitrogens with zero attached hydrogens (tertiary/aromatic N) is 1. The number of hydrogen-bond acceptors (Lipinski definition) is 5. The van der Waals surface area contributed by atoms with Crippen molar-refractivity contribution in [3.05, 3.63) is 18.0 Å². The number of carbonyl (C=O) groups is 1. The summed E-state index contributed by atoms with van der Waals surface area (Å²) in [6.07, 6.45) is 3.05. The summed E-state index contributed by atoms with van der Waals surface area (Å²) < 4.78 is 21.4. The maximum Gasteiger partial charge on any atom is 0.412 e. The molecule has 0 spiro atoms. The van der Waals surface area contributed by atoms with Crippen LogP contribution in [0.3, 0.4) is 0 Å². The Morgan fingerprint density at radius 3 is 2.70 bits per heavy atom. The van der Waals surface area contributed by atoms with Gasteiger partial charge < -0.3 is 9.47 Å². The monoisotopic (exact) mass is 338 g/mol. The second kappa shape index (κ2) is 8.53. The molecule has 6 nitrogen and oxygen atoms in total. The maximum atomic E-state index is 11.9. The van der Waals surface area contributed by atoms with E-state index in [-0.39, 0.29) is 0 Å². The molecule has 7 heteroatoms. The van der Waals surface area contributed by atoms with Gasteiger partial charge in [-0.1, -0.05) is 5.92 Å². The van der Waals surface area contributed by atoms with Crippen molar-refractivity contribution in [2.45, 2.75) is 32.8 Å². The second-order valence-corrected chi connectivity index (χ2v) is 7.28. The molecule has 1 heterocycles. The summed E-state index contributed by atoms with van der Waals surface area (Å²) in [6, 6.07) is 1.61. The Morgan fingerprint density at radius 2 is 2.13 bits per heavy atom. The summed E-state index contributed by atoms with van der Waals surface area (Å²) in [5.74, 6) is 6.70. The topological polar surface area (TPSA) is 77.5 Å². The third-order valence-electron chi connectivity index (χ3n) is 2.45. The van der Waals surface area contributed by atoms with Crippen LogP contribution in [0.15, 0.2) is 12.3 Å². The van der Waals surface area contributed by atoms with Crippen LogP contribution in [0.2, 0.25) is 0 Å². The van der Waals surface area contributed by atoms with Crippen LogP contribution >= 0.6 is 0 Å². The molecular weight excluding hydrogens is 316 g/mol. The first-order valence-corrected chi connectivity index (χ1v) is 8.77. The summed E-state index contributed by atoms with van der Waals surface area (Å²) in [5.41, 5.74) is 0.321. The zero-order valence-electron chi connectivity index (χ0n) is 14.1. The lowest BCUT2D eigenvalue weighted by molar-refractivity contribution is 0.0635. The van der Waals surface area contributed by atoms with Crippen molar-refractivity contribution in [3.63, 3.8) is 0 Å². The number of hydrogen-bond donors (Lipinski definition) is 1. The molecule has 1 aromatic rings. The third-order valence-corrected chi connectivity index (χ3v) is 3.23. The van der Waals surface area contributed by atoms with Gasteiger partial charge in [-0.15, -0.1) is 0 Å². The fourth-order valence-corrected chi connectivity index (χ4v) is 1.92. The van der Waals surface area contributed by atoms with Gasteiger partial charge in [0.15, 0.2) is 5.75 Å². The summed E-state index contributed by atoms with van der Waals surface area (Å²) in [5, 5.41) is 2.62. The molecule has 1 atom stereocenters. The number of ether oxygens (including phenoxy) is 2. The lowest BCUT2D eigenvalue weighted by atomic mass is 10.2. The Hall–Kier alpha value is -2.07. The highest BCUT2D eigenvalue weighted by Crippen LogP contribution is 2.24. The first-order valence-electron chi connectivity index (χ1n) is 7.04. The van der Waals surface area contributed by atoms with Gasteiger partial charge in [-0.3, -0.25) is 9.53 Å². The van der Waals surface area contributed by atoms with Crippen LogP contribution in [-0.2, 0) is 15.5 Å². The van der Waals surface area contributed by atoms with E-state index in [0.29, 0.717) is 29.3 Å². The van der Waals surface area contributed by atoms with Crippen molar-refractivity contribution in [2.75, 3.05) is 24.4 Å². The molecule has 0 aromatic carbocycles. The van der Waals surface area contributed by atoms with Gasteiger partial charge in [0.05, 0.1) is 19.0 Å². The van der Waals surface area contributed by atoms with E-state index < -0.39 is 22.5 Å². The Labute approximate surface area is 139 Å². The van der Waals surface area contributed by atoms with E-state index in [1.54, 1.807) is 33.1 Å². The molecule has 0 saturated carbocycles. The van der Waals surface area contributed by atoms with E-state index in [4.69, 9.17) is 9.47 Å². The molecule has 0 saturated heterocycles. The lowest BCUT2D eigenvalue weighted by Crippen LogP contribution is -2.27. The third kappa shape index (κ3) is 7.66. The van der Waals surface area contributed by atoms with E-state index in [1.165, 1.54) is 13.3 Å². The second-order valence-electron chi connectivity index (χ2n) is 5.73. The minimum Gasteiger partial charge on any atom is -0.493 e. The molecule has 0 aliphatic rings. The van der Waals surface area contributed by atoms with Gasteiger partial charge in [0, 0.05) is 29.2 Å². The summed E-state index contributed by atoms with van der Waals surface area (Å²) in [7, 11) is 0.618. The van der Waals surface area contributed by atoms with Gasteiger partial charge in [0.1, 0.15) is 11.3 Å². The van der Waals surface area contributed by atoms with E-state index in [2.05, 4.69) is 22.1 Å². The fraction of sp³-hybridized carbons (Fsp3) is 0.500. The van der Waals surface area contributed by atoms with Crippen molar-refractivity contribution in [1.29, 1.82) is 0 Å². The zero-order valence-corrected chi connectivity index (χ0v) is 14.9. The molecule has 23 heavy (non-hydrogen) atoms. The van der Waals surface area contributed by atoms with Crippen LogP contribution in [0.25, 0.3) is 0 Å². The highest BCUT2D eigenvalue weighted by molar-refractivity contribution is 7.84. The smallest absolute Gasteiger partial charge is 0.412 e. The van der Waals surface area contributed by atoms with Crippen molar-refractivity contribution in [1.82, 2.24) is 4.98 Å². The minimum atomic E-state index is -0.867. The van der Waals surface area contributed by atoms with Gasteiger partial charge in [-0.2, -0.15) is 0 Å². The van der Waals surface area contributed by atoms with E-state index in [1.807, 2.05) is 0 Å². The molecule has 1 amide bonds. The number of methoxy groups -OCH3 is 1. The van der Waals surface area contributed by atoms with Crippen molar-refractivity contribution in [3.8, 4) is 17.6 Å². The quantitative estimate of drug-likeness (QED) is 0.854. The van der Waals surface area contributed by atoms with Crippen LogP contribution in [0, 0.1) is 11.8 Å². The first-order chi connectivity index (χ1) is 10.7. The van der Waals surface area contributed by atoms with Crippen molar-refractivity contribution < 1.29 is 18.5 Å². The van der Waals surface area contributed by atoms with Gasteiger partial charge in [-0.25, -0.2) is 9.78 Å². The molecule has 0 bridgehead atoms. The molecule has 1 unspecified atom stereocenters. The van der Waals surface area contributed by atoms with Crippen molar-refractivity contribution >= 4 is 22.6 Å². The van der Waals surface area contributed by atoms with E-state index in [0.717, 1.165) is 0 Å². The predicted molar refractivity (Wildman–Crippen MR) is 91.1 cm³/mol. The highest BCUT2D eigenvalue weighted by atomic mass is 32.2. The molecule has 0 radical (unpaired) electrons. The van der Waals surface area contributed by atoms with Crippen LogP contribution in [0.5, 0.6) is 5.75 Å². The number of nitrogens with one attached hydrogen (secondary N) is 1. The molecule has 1 aromatic heterocycles. The molecule has 126 valence electrons. The Morgan fingerprint density at radius 1 is 1.43 bits per heavy atom. The van der Waals surface area contributed by atoms with Gasteiger partial charge >= 0.3 is 6.09 Å². The molecule has 1 rings (SSSR count). The Bertz CT molecular complexity index is 642. The SMILES string of the molecule is COc1cnc(C#CCCS(C)=O)cc1NC(=O)OC(C)(C)C. The number of rotatable bonds is 4. The van der Waals surface area contributed by atoms with Crippen molar-refractivity contribution in [2.24, 2.45) is 0 Å². The highest BCUT2D eigenvalue weighted by Gasteiger charge is 2.17. The number of pyridine rings is 1.